The summed E-state index contributed by atoms with van der Waals surface area (Å²) in [5.74, 6) is 0. The molecule has 0 amide bonds. The summed E-state index contributed by atoms with van der Waals surface area (Å²) < 4.78 is 3.90. The first-order valence-corrected chi connectivity index (χ1v) is 11.4. The van der Waals surface area contributed by atoms with Crippen LogP contribution in [0.4, 0.5) is 0 Å². The van der Waals surface area contributed by atoms with Crippen molar-refractivity contribution in [1.82, 2.24) is 0 Å². The number of aliphatic hydroxyl groups excluding tert-OH is 2. The predicted octanol–water partition coefficient (Wildman–Crippen LogP) is 1.58. The molecule has 2 rings (SSSR count). The first-order valence-electron chi connectivity index (χ1n) is 7.88. The molecular formula is C20H22O2Se2. The fraction of sp³-hybridized carbons (Fsp3) is 0.200. The first kappa shape index (κ1) is 19.2. The van der Waals surface area contributed by atoms with Crippen LogP contribution in [0.5, 0.6) is 0 Å². The van der Waals surface area contributed by atoms with E-state index in [0.29, 0.717) is 12.8 Å². The molecule has 0 unspecified atom stereocenters. The van der Waals surface area contributed by atoms with Crippen molar-refractivity contribution in [3.63, 3.8) is 0 Å². The summed E-state index contributed by atoms with van der Waals surface area (Å²) in [7, 11) is 0. The number of allylic oxidation sites excluding steroid dienone is 1. The van der Waals surface area contributed by atoms with Gasteiger partial charge >= 0.3 is 157 Å². The number of benzene rings is 2. The van der Waals surface area contributed by atoms with E-state index >= 15 is 0 Å². The first-order chi connectivity index (χ1) is 11.8. The second-order valence-electron chi connectivity index (χ2n) is 5.10. The Bertz CT molecular complexity index is 652. The van der Waals surface area contributed by atoms with Crippen molar-refractivity contribution >= 4 is 38.8 Å². The molecule has 0 heterocycles. The van der Waals surface area contributed by atoms with Gasteiger partial charge in [-0.15, -0.1) is 0 Å². The molecule has 0 spiro atoms. The molecule has 2 aromatic rings. The molecule has 4 heteroatoms. The van der Waals surface area contributed by atoms with Crippen molar-refractivity contribution in [1.29, 1.82) is 0 Å². The summed E-state index contributed by atoms with van der Waals surface area (Å²) in [6.07, 6.45) is 3.54. The van der Waals surface area contributed by atoms with Gasteiger partial charge in [-0.3, -0.25) is 0 Å². The maximum absolute atomic E-state index is 9.37. The molecule has 0 saturated carbocycles. The third-order valence-electron chi connectivity index (χ3n) is 3.19. The number of hydrogen-bond donors (Lipinski definition) is 2. The fourth-order valence-electron chi connectivity index (χ4n) is 2.05. The zero-order valence-corrected chi connectivity index (χ0v) is 16.9. The quantitative estimate of drug-likeness (QED) is 0.448. The van der Waals surface area contributed by atoms with E-state index in [1.54, 1.807) is 0 Å². The molecule has 0 aliphatic heterocycles. The van der Waals surface area contributed by atoms with Crippen molar-refractivity contribution in [2.75, 3.05) is 13.2 Å². The van der Waals surface area contributed by atoms with E-state index in [-0.39, 0.29) is 43.1 Å². The molecule has 0 aliphatic rings. The summed E-state index contributed by atoms with van der Waals surface area (Å²) in [4.78, 5) is 2.25. The van der Waals surface area contributed by atoms with Crippen LogP contribution < -0.4 is 8.92 Å². The van der Waals surface area contributed by atoms with Crippen molar-refractivity contribution in [3.05, 3.63) is 81.8 Å². The van der Waals surface area contributed by atoms with E-state index < -0.39 is 0 Å². The van der Waals surface area contributed by atoms with Crippen LogP contribution in [0.1, 0.15) is 12.8 Å². The second kappa shape index (κ2) is 11.4. The van der Waals surface area contributed by atoms with Crippen LogP contribution in [0.25, 0.3) is 0 Å². The van der Waals surface area contributed by atoms with Crippen LogP contribution >= 0.6 is 0 Å². The monoisotopic (exact) mass is 454 g/mol. The maximum atomic E-state index is 9.37. The van der Waals surface area contributed by atoms with E-state index in [1.807, 2.05) is 12.1 Å². The van der Waals surface area contributed by atoms with E-state index in [0.717, 1.165) is 0 Å². The molecule has 0 fully saturated rings. The Morgan fingerprint density at radius 1 is 0.792 bits per heavy atom. The van der Waals surface area contributed by atoms with Crippen molar-refractivity contribution in [2.24, 2.45) is 0 Å². The number of aliphatic hydroxyl groups is 2. The van der Waals surface area contributed by atoms with Gasteiger partial charge in [-0.1, -0.05) is 0 Å². The molecule has 0 atom stereocenters. The molecule has 126 valence electrons. The van der Waals surface area contributed by atoms with E-state index in [4.69, 9.17) is 0 Å². The van der Waals surface area contributed by atoms with Crippen LogP contribution in [0, 0.1) is 0 Å². The summed E-state index contributed by atoms with van der Waals surface area (Å²) in [6.45, 7) is 0.314. The Labute approximate surface area is 156 Å². The molecular weight excluding hydrogens is 430 g/mol. The average molecular weight is 452 g/mol. The van der Waals surface area contributed by atoms with Crippen LogP contribution in [0.2, 0.25) is 0 Å². The molecule has 2 aromatic carbocycles. The van der Waals surface area contributed by atoms with Crippen LogP contribution in [0.15, 0.2) is 81.8 Å². The molecule has 2 N–H and O–H groups in total. The SMILES string of the molecule is OCCC(=C/[Se]c1ccccc1)/C=C(/CCO)[Se]c1ccccc1. The van der Waals surface area contributed by atoms with Crippen molar-refractivity contribution in [2.45, 2.75) is 12.8 Å². The van der Waals surface area contributed by atoms with Gasteiger partial charge in [-0.05, 0) is 0 Å². The van der Waals surface area contributed by atoms with Crippen molar-refractivity contribution < 1.29 is 10.2 Å². The fourth-order valence-corrected chi connectivity index (χ4v) is 5.80. The molecule has 0 bridgehead atoms. The molecule has 2 nitrogen and oxygen atoms in total. The minimum atomic E-state index is 0.151. The van der Waals surface area contributed by atoms with E-state index in [1.165, 1.54) is 19.0 Å². The minimum absolute atomic E-state index is 0.151. The van der Waals surface area contributed by atoms with Gasteiger partial charge in [0.05, 0.1) is 0 Å². The topological polar surface area (TPSA) is 40.5 Å². The van der Waals surface area contributed by atoms with Crippen LogP contribution in [-0.4, -0.2) is 53.3 Å². The number of rotatable bonds is 9. The predicted molar refractivity (Wildman–Crippen MR) is 103 cm³/mol. The second-order valence-corrected chi connectivity index (χ2v) is 9.59. The molecule has 0 aromatic heterocycles. The molecule has 0 saturated heterocycles. The van der Waals surface area contributed by atoms with Gasteiger partial charge in [-0.2, -0.15) is 0 Å². The summed E-state index contributed by atoms with van der Waals surface area (Å²) in [5.41, 5.74) is 1.17. The van der Waals surface area contributed by atoms with Crippen molar-refractivity contribution in [3.8, 4) is 0 Å². The van der Waals surface area contributed by atoms with E-state index in [2.05, 4.69) is 59.6 Å². The molecule has 0 radical (unpaired) electrons. The number of hydrogen-bond acceptors (Lipinski definition) is 2. The van der Waals surface area contributed by atoms with Gasteiger partial charge in [0, 0.05) is 0 Å². The Morgan fingerprint density at radius 2 is 1.38 bits per heavy atom. The van der Waals surface area contributed by atoms with Gasteiger partial charge in [-0.25, -0.2) is 0 Å². The Hall–Kier alpha value is -1.12. The van der Waals surface area contributed by atoms with Crippen LogP contribution in [-0.2, 0) is 0 Å². The molecule has 0 aliphatic carbocycles. The van der Waals surface area contributed by atoms with Crippen LogP contribution in [0.3, 0.4) is 0 Å². The average Bonchev–Trinajstić information content (AvgIpc) is 2.62. The van der Waals surface area contributed by atoms with Gasteiger partial charge < -0.3 is 0 Å². The van der Waals surface area contributed by atoms with Gasteiger partial charge in [0.15, 0.2) is 0 Å². The molecule has 24 heavy (non-hydrogen) atoms. The Morgan fingerprint density at radius 3 is 1.96 bits per heavy atom. The standard InChI is InChI=1S/C20H22O2Se2/c21-13-11-17(16-23-18-7-3-1-4-8-18)15-20(12-14-22)24-19-9-5-2-6-10-19/h1-10,15-16,21-22H,11-14H2/b17-16-,20-15-. The zero-order chi connectivity index (χ0) is 17.0. The summed E-state index contributed by atoms with van der Waals surface area (Å²) in [6, 6.07) is 20.8. The third-order valence-corrected chi connectivity index (χ3v) is 7.50. The third kappa shape index (κ3) is 7.19. The van der Waals surface area contributed by atoms with E-state index in [9.17, 15) is 10.2 Å². The van der Waals surface area contributed by atoms with Gasteiger partial charge in [0.2, 0.25) is 0 Å². The van der Waals surface area contributed by atoms with Gasteiger partial charge in [0.25, 0.3) is 0 Å². The summed E-state index contributed by atoms with van der Waals surface area (Å²) in [5, 5.41) is 18.7. The summed E-state index contributed by atoms with van der Waals surface area (Å²) >= 11 is 0.463. The van der Waals surface area contributed by atoms with Gasteiger partial charge in [0.1, 0.15) is 0 Å². The normalized spacial score (nSPS) is 12.4. The zero-order valence-electron chi connectivity index (χ0n) is 13.5. The Balaban J connectivity index is 2.14. The Kier molecular flexibility index (Phi) is 9.15.